The van der Waals surface area contributed by atoms with Crippen LogP contribution in [-0.4, -0.2) is 33.1 Å². The normalized spacial score (nSPS) is 10.6. The number of nitrogens with zero attached hydrogens (tertiary/aromatic N) is 3. The third-order valence-electron chi connectivity index (χ3n) is 2.82. The van der Waals surface area contributed by atoms with Gasteiger partial charge >= 0.3 is 5.97 Å². The van der Waals surface area contributed by atoms with Gasteiger partial charge in [0.05, 0.1) is 12.4 Å². The quantitative estimate of drug-likeness (QED) is 0.581. The summed E-state index contributed by atoms with van der Waals surface area (Å²) in [6.07, 6.45) is 1.61. The highest BCUT2D eigenvalue weighted by atomic mass is 32.2. The van der Waals surface area contributed by atoms with Crippen molar-refractivity contribution < 1.29 is 9.53 Å². The van der Waals surface area contributed by atoms with E-state index in [0.717, 1.165) is 24.4 Å². The van der Waals surface area contributed by atoms with Gasteiger partial charge in [0.25, 0.3) is 0 Å². The van der Waals surface area contributed by atoms with E-state index in [2.05, 4.69) is 10.2 Å². The van der Waals surface area contributed by atoms with Crippen molar-refractivity contribution in [2.45, 2.75) is 31.8 Å². The average Bonchev–Trinajstić information content (AvgIpc) is 2.94. The van der Waals surface area contributed by atoms with Crippen LogP contribution in [0.4, 0.5) is 0 Å². The molecule has 1 heterocycles. The number of aryl methyl sites for hydroxylation is 1. The fourth-order valence-electron chi connectivity index (χ4n) is 1.84. The van der Waals surface area contributed by atoms with Gasteiger partial charge in [-0.2, -0.15) is 0 Å². The monoisotopic (exact) mass is 305 g/mol. The summed E-state index contributed by atoms with van der Waals surface area (Å²) in [5.41, 5.74) is 1.00. The Morgan fingerprint density at radius 1 is 1.24 bits per heavy atom. The van der Waals surface area contributed by atoms with E-state index in [0.29, 0.717) is 11.8 Å². The Hall–Kier alpha value is -1.82. The number of hydrogen-bond acceptors (Lipinski definition) is 5. The van der Waals surface area contributed by atoms with Gasteiger partial charge in [0, 0.05) is 12.1 Å². The van der Waals surface area contributed by atoms with Crippen molar-refractivity contribution >= 4 is 17.7 Å². The molecule has 6 heteroatoms. The molecule has 21 heavy (non-hydrogen) atoms. The Labute approximate surface area is 128 Å². The lowest BCUT2D eigenvalue weighted by Gasteiger charge is -2.09. The maximum atomic E-state index is 11.6. The molecule has 0 unspecified atom stereocenters. The highest BCUT2D eigenvalue weighted by molar-refractivity contribution is 7.99. The molecule has 0 atom stereocenters. The first-order valence-corrected chi connectivity index (χ1v) is 8.03. The van der Waals surface area contributed by atoms with Crippen LogP contribution < -0.4 is 0 Å². The highest BCUT2D eigenvalue weighted by Gasteiger charge is 2.14. The van der Waals surface area contributed by atoms with Gasteiger partial charge in [-0.05, 0) is 18.6 Å². The van der Waals surface area contributed by atoms with Crippen molar-refractivity contribution in [1.82, 2.24) is 14.8 Å². The Morgan fingerprint density at radius 2 is 2.00 bits per heavy atom. The van der Waals surface area contributed by atoms with Crippen molar-refractivity contribution in [3.05, 3.63) is 36.2 Å². The maximum absolute atomic E-state index is 11.6. The van der Waals surface area contributed by atoms with Crippen LogP contribution in [0.1, 0.15) is 26.1 Å². The zero-order valence-electron chi connectivity index (χ0n) is 12.3. The summed E-state index contributed by atoms with van der Waals surface area (Å²) >= 11 is 1.35. The molecule has 0 aliphatic carbocycles. The number of ether oxygens (including phenoxy) is 1. The summed E-state index contributed by atoms with van der Waals surface area (Å²) in [6.45, 7) is 4.47. The van der Waals surface area contributed by atoms with E-state index in [1.165, 1.54) is 11.8 Å². The second-order valence-corrected chi connectivity index (χ2v) is 5.37. The van der Waals surface area contributed by atoms with Gasteiger partial charge in [-0.1, -0.05) is 43.8 Å². The molecule has 0 spiro atoms. The zero-order chi connectivity index (χ0) is 15.1. The summed E-state index contributed by atoms with van der Waals surface area (Å²) in [5, 5.41) is 9.09. The third-order valence-corrected chi connectivity index (χ3v) is 3.72. The van der Waals surface area contributed by atoms with Crippen molar-refractivity contribution in [3.63, 3.8) is 0 Å². The molecule has 0 aliphatic rings. The van der Waals surface area contributed by atoms with E-state index in [9.17, 15) is 4.79 Å². The number of aromatic nitrogens is 3. The molecule has 0 bridgehead atoms. The SMILES string of the molecule is CCCOC(=O)CSc1nnc(CC)n1-c1ccccc1. The zero-order valence-corrected chi connectivity index (χ0v) is 13.1. The fraction of sp³-hybridized carbons (Fsp3) is 0.400. The molecule has 0 amide bonds. The predicted molar refractivity (Wildman–Crippen MR) is 82.7 cm³/mol. The van der Waals surface area contributed by atoms with Gasteiger partial charge in [-0.15, -0.1) is 10.2 Å². The molecule has 0 saturated carbocycles. The Bertz CT molecular complexity index is 584. The first-order chi connectivity index (χ1) is 10.3. The molecule has 1 aromatic heterocycles. The van der Waals surface area contributed by atoms with Crippen molar-refractivity contribution in [2.75, 3.05) is 12.4 Å². The molecule has 0 N–H and O–H groups in total. The average molecular weight is 305 g/mol. The largest absolute Gasteiger partial charge is 0.465 e. The summed E-state index contributed by atoms with van der Waals surface area (Å²) in [5.74, 6) is 0.905. The summed E-state index contributed by atoms with van der Waals surface area (Å²) in [6, 6.07) is 9.91. The van der Waals surface area contributed by atoms with Crippen LogP contribution in [0.5, 0.6) is 0 Å². The minimum atomic E-state index is -0.220. The second-order valence-electron chi connectivity index (χ2n) is 4.43. The standard InChI is InChI=1S/C15H19N3O2S/c1-3-10-20-14(19)11-21-15-17-16-13(4-2)18(15)12-8-6-5-7-9-12/h5-9H,3-4,10-11H2,1-2H3. The lowest BCUT2D eigenvalue weighted by Crippen LogP contribution is -2.09. The molecular formula is C15H19N3O2S. The first kappa shape index (κ1) is 15.6. The molecule has 2 rings (SSSR count). The smallest absolute Gasteiger partial charge is 0.316 e. The third kappa shape index (κ3) is 4.07. The van der Waals surface area contributed by atoms with Gasteiger partial charge in [0.15, 0.2) is 5.16 Å². The molecule has 0 radical (unpaired) electrons. The summed E-state index contributed by atoms with van der Waals surface area (Å²) in [7, 11) is 0. The molecule has 5 nitrogen and oxygen atoms in total. The van der Waals surface area contributed by atoms with Gasteiger partial charge in [0.2, 0.25) is 0 Å². The fourth-order valence-corrected chi connectivity index (χ4v) is 2.61. The number of hydrogen-bond donors (Lipinski definition) is 0. The van der Waals surface area contributed by atoms with Crippen LogP contribution in [0.25, 0.3) is 5.69 Å². The molecule has 112 valence electrons. The van der Waals surface area contributed by atoms with Crippen LogP contribution in [0, 0.1) is 0 Å². The van der Waals surface area contributed by atoms with Gasteiger partial charge in [0.1, 0.15) is 5.82 Å². The Kier molecular flexibility index (Phi) is 5.80. The molecule has 2 aromatic rings. The minimum absolute atomic E-state index is 0.220. The number of benzene rings is 1. The maximum Gasteiger partial charge on any atom is 0.316 e. The highest BCUT2D eigenvalue weighted by Crippen LogP contribution is 2.22. The van der Waals surface area contributed by atoms with E-state index in [-0.39, 0.29) is 11.7 Å². The molecular weight excluding hydrogens is 286 g/mol. The molecule has 1 aromatic carbocycles. The summed E-state index contributed by atoms with van der Waals surface area (Å²) in [4.78, 5) is 11.6. The molecule has 0 aliphatic heterocycles. The van der Waals surface area contributed by atoms with E-state index >= 15 is 0 Å². The van der Waals surface area contributed by atoms with Crippen LogP contribution in [0.2, 0.25) is 0 Å². The van der Waals surface area contributed by atoms with Crippen LogP contribution >= 0.6 is 11.8 Å². The summed E-state index contributed by atoms with van der Waals surface area (Å²) < 4.78 is 7.06. The van der Waals surface area contributed by atoms with Crippen molar-refractivity contribution in [2.24, 2.45) is 0 Å². The molecule has 0 fully saturated rings. The van der Waals surface area contributed by atoms with Crippen molar-refractivity contribution in [1.29, 1.82) is 0 Å². The predicted octanol–water partition coefficient (Wildman–Crippen LogP) is 2.88. The van der Waals surface area contributed by atoms with E-state index in [1.54, 1.807) is 0 Å². The van der Waals surface area contributed by atoms with Crippen LogP contribution in [0.3, 0.4) is 0 Å². The lowest BCUT2D eigenvalue weighted by atomic mass is 10.3. The number of thioether (sulfide) groups is 1. The van der Waals surface area contributed by atoms with E-state index < -0.39 is 0 Å². The number of rotatable bonds is 7. The van der Waals surface area contributed by atoms with Gasteiger partial charge in [-0.25, -0.2) is 0 Å². The van der Waals surface area contributed by atoms with Crippen LogP contribution in [0.15, 0.2) is 35.5 Å². The first-order valence-electron chi connectivity index (χ1n) is 7.04. The van der Waals surface area contributed by atoms with E-state index in [4.69, 9.17) is 4.74 Å². The topological polar surface area (TPSA) is 57.0 Å². The van der Waals surface area contributed by atoms with E-state index in [1.807, 2.05) is 48.7 Å². The molecule has 0 saturated heterocycles. The number of para-hydroxylation sites is 1. The number of carbonyl (C=O) groups excluding carboxylic acids is 1. The Morgan fingerprint density at radius 3 is 2.67 bits per heavy atom. The van der Waals surface area contributed by atoms with Crippen LogP contribution in [-0.2, 0) is 16.0 Å². The Balaban J connectivity index is 2.14. The van der Waals surface area contributed by atoms with Gasteiger partial charge < -0.3 is 4.74 Å². The van der Waals surface area contributed by atoms with Gasteiger partial charge in [-0.3, -0.25) is 9.36 Å². The number of esters is 1. The lowest BCUT2D eigenvalue weighted by molar-refractivity contribution is -0.140. The number of carbonyl (C=O) groups is 1. The minimum Gasteiger partial charge on any atom is -0.465 e. The van der Waals surface area contributed by atoms with Crippen molar-refractivity contribution in [3.8, 4) is 5.69 Å². The second kappa shape index (κ2) is 7.83.